The van der Waals surface area contributed by atoms with Crippen molar-refractivity contribution in [1.29, 1.82) is 0 Å². The fourth-order valence-corrected chi connectivity index (χ4v) is 2.52. The van der Waals surface area contributed by atoms with Crippen LogP contribution in [0, 0.1) is 5.92 Å². The topological polar surface area (TPSA) is 24.5 Å². The van der Waals surface area contributed by atoms with Gasteiger partial charge in [0.25, 0.3) is 0 Å². The molecule has 0 aromatic carbocycles. The fourth-order valence-electron chi connectivity index (χ4n) is 2.52. The van der Waals surface area contributed by atoms with Gasteiger partial charge in [-0.05, 0) is 45.7 Å². The summed E-state index contributed by atoms with van der Waals surface area (Å²) in [4.78, 5) is 2.48. The molecule has 1 saturated carbocycles. The second-order valence-electron chi connectivity index (χ2n) is 5.74. The Hall–Kier alpha value is -0.120. The van der Waals surface area contributed by atoms with Crippen molar-refractivity contribution in [2.24, 2.45) is 5.92 Å². The van der Waals surface area contributed by atoms with Crippen molar-refractivity contribution in [3.63, 3.8) is 0 Å². The number of likely N-dealkylation sites (N-methyl/N-ethyl adjacent to an activating group) is 1. The van der Waals surface area contributed by atoms with Gasteiger partial charge >= 0.3 is 0 Å². The molecule has 0 atom stereocenters. The van der Waals surface area contributed by atoms with E-state index >= 15 is 0 Å². The molecule has 0 heterocycles. The third-order valence-electron chi connectivity index (χ3n) is 3.77. The van der Waals surface area contributed by atoms with Gasteiger partial charge in [-0.25, -0.2) is 0 Å². The smallest absolute Gasteiger partial charge is 0.0593 e. The second kappa shape index (κ2) is 8.06. The van der Waals surface area contributed by atoms with E-state index in [-0.39, 0.29) is 0 Å². The van der Waals surface area contributed by atoms with E-state index < -0.39 is 0 Å². The third-order valence-corrected chi connectivity index (χ3v) is 3.77. The van der Waals surface area contributed by atoms with E-state index in [0.717, 1.165) is 31.8 Å². The standard InChI is InChI=1S/C14H30N2O/c1-12(2)11-17-10-9-16(4)14-7-5-13(15-3)6-8-14/h12-15H,5-11H2,1-4H3. The zero-order chi connectivity index (χ0) is 12.7. The molecule has 0 bridgehead atoms. The van der Waals surface area contributed by atoms with Gasteiger partial charge in [-0.3, -0.25) is 0 Å². The van der Waals surface area contributed by atoms with Crippen LogP contribution in [0.3, 0.4) is 0 Å². The zero-order valence-electron chi connectivity index (χ0n) is 12.0. The first kappa shape index (κ1) is 14.9. The van der Waals surface area contributed by atoms with Gasteiger partial charge in [0.15, 0.2) is 0 Å². The van der Waals surface area contributed by atoms with Gasteiger partial charge in [0.1, 0.15) is 0 Å². The highest BCUT2D eigenvalue weighted by Crippen LogP contribution is 2.21. The lowest BCUT2D eigenvalue weighted by Gasteiger charge is -2.34. The van der Waals surface area contributed by atoms with Gasteiger partial charge in [-0.1, -0.05) is 13.8 Å². The Morgan fingerprint density at radius 3 is 2.41 bits per heavy atom. The molecule has 0 aromatic heterocycles. The van der Waals surface area contributed by atoms with Gasteiger partial charge < -0.3 is 15.0 Å². The van der Waals surface area contributed by atoms with E-state index in [0.29, 0.717) is 5.92 Å². The van der Waals surface area contributed by atoms with Crippen LogP contribution in [0.15, 0.2) is 0 Å². The first-order valence-corrected chi connectivity index (χ1v) is 7.08. The number of rotatable bonds is 7. The molecule has 0 aliphatic heterocycles. The predicted molar refractivity (Wildman–Crippen MR) is 73.4 cm³/mol. The summed E-state index contributed by atoms with van der Waals surface area (Å²) >= 11 is 0. The molecule has 0 radical (unpaired) electrons. The SMILES string of the molecule is CNC1CCC(N(C)CCOCC(C)C)CC1. The molecule has 0 saturated heterocycles. The summed E-state index contributed by atoms with van der Waals surface area (Å²) in [5.74, 6) is 0.645. The average Bonchev–Trinajstić information content (AvgIpc) is 2.34. The van der Waals surface area contributed by atoms with Crippen molar-refractivity contribution in [2.75, 3.05) is 33.9 Å². The lowest BCUT2D eigenvalue weighted by Crippen LogP contribution is -2.41. The van der Waals surface area contributed by atoms with E-state index in [9.17, 15) is 0 Å². The summed E-state index contributed by atoms with van der Waals surface area (Å²) in [7, 11) is 4.32. The van der Waals surface area contributed by atoms with E-state index in [2.05, 4.69) is 38.2 Å². The summed E-state index contributed by atoms with van der Waals surface area (Å²) in [5.41, 5.74) is 0. The molecule has 1 aliphatic carbocycles. The van der Waals surface area contributed by atoms with E-state index in [1.54, 1.807) is 0 Å². The van der Waals surface area contributed by atoms with Gasteiger partial charge in [-0.2, -0.15) is 0 Å². The first-order chi connectivity index (χ1) is 8.13. The molecule has 0 amide bonds. The number of ether oxygens (including phenoxy) is 1. The molecule has 3 heteroatoms. The monoisotopic (exact) mass is 242 g/mol. The van der Waals surface area contributed by atoms with Gasteiger partial charge in [0.05, 0.1) is 6.61 Å². The quantitative estimate of drug-likeness (QED) is 0.692. The molecule has 17 heavy (non-hydrogen) atoms. The molecule has 1 rings (SSSR count). The Bertz CT molecular complexity index is 189. The van der Waals surface area contributed by atoms with Crippen LogP contribution in [0.1, 0.15) is 39.5 Å². The van der Waals surface area contributed by atoms with E-state index in [4.69, 9.17) is 4.74 Å². The summed E-state index contributed by atoms with van der Waals surface area (Å²) < 4.78 is 5.64. The van der Waals surface area contributed by atoms with Crippen LogP contribution in [-0.4, -0.2) is 50.8 Å². The van der Waals surface area contributed by atoms with Crippen LogP contribution in [0.4, 0.5) is 0 Å². The summed E-state index contributed by atoms with van der Waals surface area (Å²) in [6, 6.07) is 1.51. The third kappa shape index (κ3) is 5.84. The lowest BCUT2D eigenvalue weighted by molar-refractivity contribution is 0.0731. The average molecular weight is 242 g/mol. The Morgan fingerprint density at radius 1 is 1.24 bits per heavy atom. The van der Waals surface area contributed by atoms with Crippen LogP contribution in [0.2, 0.25) is 0 Å². The van der Waals surface area contributed by atoms with E-state index in [1.165, 1.54) is 25.7 Å². The molecule has 3 nitrogen and oxygen atoms in total. The van der Waals surface area contributed by atoms with Crippen LogP contribution in [0.5, 0.6) is 0 Å². The highest BCUT2D eigenvalue weighted by molar-refractivity contribution is 4.80. The minimum Gasteiger partial charge on any atom is -0.380 e. The number of nitrogens with one attached hydrogen (secondary N) is 1. The summed E-state index contributed by atoms with van der Waals surface area (Å²) in [6.45, 7) is 7.23. The Morgan fingerprint density at radius 2 is 1.88 bits per heavy atom. The largest absolute Gasteiger partial charge is 0.380 e. The van der Waals surface area contributed by atoms with Crippen LogP contribution in [0.25, 0.3) is 0 Å². The van der Waals surface area contributed by atoms with Crippen molar-refractivity contribution >= 4 is 0 Å². The van der Waals surface area contributed by atoms with Crippen LogP contribution in [-0.2, 0) is 4.74 Å². The van der Waals surface area contributed by atoms with Crippen molar-refractivity contribution in [1.82, 2.24) is 10.2 Å². The first-order valence-electron chi connectivity index (χ1n) is 7.08. The fraction of sp³-hybridized carbons (Fsp3) is 1.00. The van der Waals surface area contributed by atoms with Gasteiger partial charge in [-0.15, -0.1) is 0 Å². The highest BCUT2D eigenvalue weighted by atomic mass is 16.5. The maximum Gasteiger partial charge on any atom is 0.0593 e. The second-order valence-corrected chi connectivity index (χ2v) is 5.74. The molecule has 0 unspecified atom stereocenters. The van der Waals surface area contributed by atoms with Gasteiger partial charge in [0.2, 0.25) is 0 Å². The van der Waals surface area contributed by atoms with Crippen molar-refractivity contribution in [3.05, 3.63) is 0 Å². The number of hydrogen-bond acceptors (Lipinski definition) is 3. The maximum atomic E-state index is 5.64. The minimum atomic E-state index is 0.645. The molecule has 102 valence electrons. The lowest BCUT2D eigenvalue weighted by atomic mass is 9.90. The van der Waals surface area contributed by atoms with E-state index in [1.807, 2.05) is 0 Å². The highest BCUT2D eigenvalue weighted by Gasteiger charge is 2.22. The number of hydrogen-bond donors (Lipinski definition) is 1. The predicted octanol–water partition coefficient (Wildman–Crippen LogP) is 2.12. The molecule has 1 fully saturated rings. The normalized spacial score (nSPS) is 25.8. The van der Waals surface area contributed by atoms with Gasteiger partial charge in [0, 0.05) is 25.2 Å². The van der Waals surface area contributed by atoms with Crippen LogP contribution >= 0.6 is 0 Å². The molecule has 0 aromatic rings. The molecule has 1 N–H and O–H groups in total. The Balaban J connectivity index is 2.09. The van der Waals surface area contributed by atoms with Crippen molar-refractivity contribution in [2.45, 2.75) is 51.6 Å². The van der Waals surface area contributed by atoms with Crippen molar-refractivity contribution < 1.29 is 4.74 Å². The molecule has 1 aliphatic rings. The Labute approximate surface area is 107 Å². The van der Waals surface area contributed by atoms with Crippen molar-refractivity contribution in [3.8, 4) is 0 Å². The minimum absolute atomic E-state index is 0.645. The zero-order valence-corrected chi connectivity index (χ0v) is 12.0. The van der Waals surface area contributed by atoms with Crippen LogP contribution < -0.4 is 5.32 Å². The number of nitrogens with zero attached hydrogens (tertiary/aromatic N) is 1. The molecule has 0 spiro atoms. The summed E-state index contributed by atoms with van der Waals surface area (Å²) in [6.07, 6.45) is 5.29. The maximum absolute atomic E-state index is 5.64. The molecular weight excluding hydrogens is 212 g/mol. The summed E-state index contributed by atoms with van der Waals surface area (Å²) in [5, 5.41) is 3.38. The molecular formula is C14H30N2O. The Kier molecular flexibility index (Phi) is 7.09.